The maximum Gasteiger partial charge on any atom is 0.141 e. The lowest BCUT2D eigenvalue weighted by atomic mass is 10.2. The van der Waals surface area contributed by atoms with Gasteiger partial charge in [0.2, 0.25) is 0 Å². The Hall–Kier alpha value is -1.16. The van der Waals surface area contributed by atoms with Crippen molar-refractivity contribution >= 4 is 5.82 Å². The first-order valence-electron chi connectivity index (χ1n) is 4.89. The Morgan fingerprint density at radius 3 is 2.86 bits per heavy atom. The lowest BCUT2D eigenvalue weighted by molar-refractivity contribution is 0.617. The first-order valence-corrected chi connectivity index (χ1v) is 4.89. The Labute approximate surface area is 82.5 Å². The number of rotatable bonds is 2. The summed E-state index contributed by atoms with van der Waals surface area (Å²) in [5.41, 5.74) is 5.89. The number of hydrogen-bond donors (Lipinski definition) is 2. The van der Waals surface area contributed by atoms with Gasteiger partial charge in [-0.3, -0.25) is 0 Å². The summed E-state index contributed by atoms with van der Waals surface area (Å²) in [6.45, 7) is 0. The Bertz CT molecular complexity index is 299. The van der Waals surface area contributed by atoms with Crippen molar-refractivity contribution in [2.45, 2.75) is 31.3 Å². The molecule has 1 heterocycles. The van der Waals surface area contributed by atoms with Crippen molar-refractivity contribution in [2.75, 3.05) is 5.32 Å². The van der Waals surface area contributed by atoms with Gasteiger partial charge >= 0.3 is 0 Å². The van der Waals surface area contributed by atoms with Gasteiger partial charge in [-0.1, -0.05) is 0 Å². The van der Waals surface area contributed by atoms with Crippen LogP contribution in [0.25, 0.3) is 0 Å². The molecule has 0 bridgehead atoms. The molecule has 1 aliphatic carbocycles. The molecule has 3 N–H and O–H groups in total. The van der Waals surface area contributed by atoms with Crippen LogP contribution in [0.15, 0.2) is 18.3 Å². The van der Waals surface area contributed by atoms with Gasteiger partial charge < -0.3 is 11.1 Å². The van der Waals surface area contributed by atoms with Crippen molar-refractivity contribution in [3.8, 4) is 0 Å². The third-order valence-electron chi connectivity index (χ3n) is 2.63. The van der Waals surface area contributed by atoms with Gasteiger partial charge in [-0.05, 0) is 31.4 Å². The number of pyridine rings is 1. The third kappa shape index (κ3) is 2.01. The van der Waals surface area contributed by atoms with Crippen LogP contribution in [0.5, 0.6) is 0 Å². The predicted octanol–water partition coefficient (Wildman–Crippen LogP) is 1.51. The van der Waals surface area contributed by atoms with Crippen LogP contribution in [-0.2, 0) is 0 Å². The molecule has 0 radical (unpaired) electrons. The van der Waals surface area contributed by atoms with E-state index >= 15 is 0 Å². The summed E-state index contributed by atoms with van der Waals surface area (Å²) in [6, 6.07) is 3.52. The molecule has 2 atom stereocenters. The van der Waals surface area contributed by atoms with Gasteiger partial charge in [0, 0.05) is 12.1 Å². The van der Waals surface area contributed by atoms with Crippen molar-refractivity contribution in [1.29, 1.82) is 0 Å². The Morgan fingerprint density at radius 1 is 1.43 bits per heavy atom. The summed E-state index contributed by atoms with van der Waals surface area (Å²) in [5, 5.41) is 3.22. The van der Waals surface area contributed by atoms with Gasteiger partial charge in [0.25, 0.3) is 0 Å². The fourth-order valence-corrected chi connectivity index (χ4v) is 1.82. The molecule has 1 fully saturated rings. The smallest absolute Gasteiger partial charge is 0.141 e. The van der Waals surface area contributed by atoms with Crippen LogP contribution < -0.4 is 11.1 Å². The van der Waals surface area contributed by atoms with E-state index in [4.69, 9.17) is 5.73 Å². The molecule has 14 heavy (non-hydrogen) atoms. The molecule has 76 valence electrons. The van der Waals surface area contributed by atoms with Crippen LogP contribution in [0, 0.1) is 5.82 Å². The van der Waals surface area contributed by atoms with Crippen LogP contribution in [0.4, 0.5) is 10.2 Å². The van der Waals surface area contributed by atoms with Crippen LogP contribution >= 0.6 is 0 Å². The van der Waals surface area contributed by atoms with Crippen molar-refractivity contribution in [2.24, 2.45) is 5.73 Å². The molecule has 2 unspecified atom stereocenters. The minimum Gasteiger partial charge on any atom is -0.366 e. The molecule has 0 saturated heterocycles. The van der Waals surface area contributed by atoms with E-state index in [1.54, 1.807) is 6.07 Å². The molecular formula is C10H14FN3. The largest absolute Gasteiger partial charge is 0.366 e. The van der Waals surface area contributed by atoms with Gasteiger partial charge in [0.1, 0.15) is 11.6 Å². The average molecular weight is 195 g/mol. The maximum absolute atomic E-state index is 12.6. The first-order chi connectivity index (χ1) is 6.75. The Kier molecular flexibility index (Phi) is 2.63. The molecular weight excluding hydrogens is 181 g/mol. The topological polar surface area (TPSA) is 50.9 Å². The number of aromatic nitrogens is 1. The molecule has 0 aliphatic heterocycles. The summed E-state index contributed by atoms with van der Waals surface area (Å²) in [7, 11) is 0. The minimum absolute atomic E-state index is 0.196. The molecule has 1 aromatic heterocycles. The second-order valence-electron chi connectivity index (χ2n) is 3.71. The molecule has 2 rings (SSSR count). The van der Waals surface area contributed by atoms with Crippen molar-refractivity contribution in [1.82, 2.24) is 4.98 Å². The zero-order valence-electron chi connectivity index (χ0n) is 7.91. The molecule has 1 aliphatic rings. The van der Waals surface area contributed by atoms with Crippen LogP contribution in [0.1, 0.15) is 19.3 Å². The normalized spacial score (nSPS) is 26.4. The lowest BCUT2D eigenvalue weighted by Gasteiger charge is -2.17. The highest BCUT2D eigenvalue weighted by Gasteiger charge is 2.23. The van der Waals surface area contributed by atoms with Crippen LogP contribution in [-0.4, -0.2) is 17.1 Å². The van der Waals surface area contributed by atoms with Crippen LogP contribution in [0.3, 0.4) is 0 Å². The third-order valence-corrected chi connectivity index (χ3v) is 2.63. The highest BCUT2D eigenvalue weighted by atomic mass is 19.1. The van der Waals surface area contributed by atoms with E-state index in [0.717, 1.165) is 19.3 Å². The minimum atomic E-state index is -0.314. The molecule has 3 nitrogen and oxygen atoms in total. The second kappa shape index (κ2) is 3.92. The first kappa shape index (κ1) is 9.40. The average Bonchev–Trinajstić information content (AvgIpc) is 2.56. The van der Waals surface area contributed by atoms with Crippen molar-refractivity contribution in [3.63, 3.8) is 0 Å². The molecule has 0 aromatic carbocycles. The fourth-order valence-electron chi connectivity index (χ4n) is 1.82. The molecule has 1 saturated carbocycles. The molecule has 0 amide bonds. The fraction of sp³-hybridized carbons (Fsp3) is 0.500. The summed E-state index contributed by atoms with van der Waals surface area (Å²) >= 11 is 0. The molecule has 1 aromatic rings. The zero-order valence-corrected chi connectivity index (χ0v) is 7.91. The second-order valence-corrected chi connectivity index (χ2v) is 3.71. The summed E-state index contributed by atoms with van der Waals surface area (Å²) in [4.78, 5) is 3.93. The number of hydrogen-bond acceptors (Lipinski definition) is 3. The number of halogens is 1. The SMILES string of the molecule is NC1CCCC1Nc1ccc(F)cn1. The Balaban J connectivity index is 2.00. The maximum atomic E-state index is 12.6. The molecule has 4 heteroatoms. The van der Waals surface area contributed by atoms with E-state index in [2.05, 4.69) is 10.3 Å². The number of anilines is 1. The highest BCUT2D eigenvalue weighted by Crippen LogP contribution is 2.20. The molecule has 0 spiro atoms. The van der Waals surface area contributed by atoms with E-state index in [1.165, 1.54) is 12.3 Å². The van der Waals surface area contributed by atoms with E-state index in [0.29, 0.717) is 5.82 Å². The van der Waals surface area contributed by atoms with E-state index in [1.807, 2.05) is 0 Å². The van der Waals surface area contributed by atoms with E-state index in [-0.39, 0.29) is 17.9 Å². The zero-order chi connectivity index (χ0) is 9.97. The summed E-state index contributed by atoms with van der Waals surface area (Å²) in [6.07, 6.45) is 4.49. The van der Waals surface area contributed by atoms with Gasteiger partial charge in [-0.15, -0.1) is 0 Å². The van der Waals surface area contributed by atoms with Gasteiger partial charge in [-0.2, -0.15) is 0 Å². The van der Waals surface area contributed by atoms with E-state index in [9.17, 15) is 4.39 Å². The van der Waals surface area contributed by atoms with Crippen molar-refractivity contribution in [3.05, 3.63) is 24.1 Å². The predicted molar refractivity (Wildman–Crippen MR) is 53.4 cm³/mol. The number of nitrogens with one attached hydrogen (secondary N) is 1. The lowest BCUT2D eigenvalue weighted by Crippen LogP contribution is -2.35. The standard InChI is InChI=1S/C10H14FN3/c11-7-4-5-10(13-6-7)14-9-3-1-2-8(9)12/h4-6,8-9H,1-3,12H2,(H,13,14). The monoisotopic (exact) mass is 195 g/mol. The highest BCUT2D eigenvalue weighted by molar-refractivity contribution is 5.35. The van der Waals surface area contributed by atoms with Gasteiger partial charge in [0.05, 0.1) is 6.20 Å². The van der Waals surface area contributed by atoms with E-state index < -0.39 is 0 Å². The number of nitrogens with two attached hydrogens (primary N) is 1. The number of nitrogens with zero attached hydrogens (tertiary/aromatic N) is 1. The van der Waals surface area contributed by atoms with Crippen molar-refractivity contribution < 1.29 is 4.39 Å². The summed E-state index contributed by atoms with van der Waals surface area (Å²) in [5.74, 6) is 0.389. The van der Waals surface area contributed by atoms with Gasteiger partial charge in [0.15, 0.2) is 0 Å². The quantitative estimate of drug-likeness (QED) is 0.752. The van der Waals surface area contributed by atoms with Gasteiger partial charge in [-0.25, -0.2) is 9.37 Å². The van der Waals surface area contributed by atoms with Crippen LogP contribution in [0.2, 0.25) is 0 Å². The Morgan fingerprint density at radius 2 is 2.29 bits per heavy atom. The summed E-state index contributed by atoms with van der Waals surface area (Å²) < 4.78 is 12.6.